The van der Waals surface area contributed by atoms with Crippen molar-refractivity contribution in [2.45, 2.75) is 31.9 Å². The summed E-state index contributed by atoms with van der Waals surface area (Å²) in [5.74, 6) is -2.66. The van der Waals surface area contributed by atoms with Gasteiger partial charge >= 0.3 is 5.97 Å². The number of carbonyl (C=O) groups is 3. The SMILES string of the molecule is CC(C)S(=O)(=O)CC(=O)Nc1ccc(C(=O)N2CCC(C(=O)O)CC2)cc1. The third-order valence-corrected chi connectivity index (χ3v) is 6.70. The van der Waals surface area contributed by atoms with Gasteiger partial charge in [0.1, 0.15) is 5.75 Å². The van der Waals surface area contributed by atoms with Gasteiger partial charge in [0.2, 0.25) is 5.91 Å². The predicted octanol–water partition coefficient (Wildman–Crippen LogP) is 1.39. The Morgan fingerprint density at radius 2 is 1.70 bits per heavy atom. The van der Waals surface area contributed by atoms with Crippen LogP contribution in [-0.2, 0) is 19.4 Å². The largest absolute Gasteiger partial charge is 0.481 e. The van der Waals surface area contributed by atoms with Gasteiger partial charge in [0.05, 0.1) is 11.2 Å². The number of piperidine rings is 1. The number of aliphatic carboxylic acids is 1. The molecule has 0 spiro atoms. The van der Waals surface area contributed by atoms with Crippen LogP contribution in [0.4, 0.5) is 5.69 Å². The highest BCUT2D eigenvalue weighted by Crippen LogP contribution is 2.20. The molecule has 9 heteroatoms. The van der Waals surface area contributed by atoms with E-state index < -0.39 is 38.6 Å². The number of hydrogen-bond donors (Lipinski definition) is 2. The van der Waals surface area contributed by atoms with Crippen molar-refractivity contribution in [2.24, 2.45) is 5.92 Å². The van der Waals surface area contributed by atoms with Crippen LogP contribution in [0, 0.1) is 5.92 Å². The summed E-state index contributed by atoms with van der Waals surface area (Å²) in [6.45, 7) is 3.81. The summed E-state index contributed by atoms with van der Waals surface area (Å²) < 4.78 is 23.5. The number of likely N-dealkylation sites (tertiary alicyclic amines) is 1. The van der Waals surface area contributed by atoms with E-state index >= 15 is 0 Å². The molecule has 0 unspecified atom stereocenters. The van der Waals surface area contributed by atoms with Crippen molar-refractivity contribution in [2.75, 3.05) is 24.2 Å². The fraction of sp³-hybridized carbons (Fsp3) is 0.500. The molecule has 8 nitrogen and oxygen atoms in total. The maximum Gasteiger partial charge on any atom is 0.306 e. The van der Waals surface area contributed by atoms with Crippen molar-refractivity contribution in [3.8, 4) is 0 Å². The van der Waals surface area contributed by atoms with Crippen molar-refractivity contribution in [3.05, 3.63) is 29.8 Å². The van der Waals surface area contributed by atoms with Gasteiger partial charge < -0.3 is 15.3 Å². The van der Waals surface area contributed by atoms with Crippen molar-refractivity contribution >= 4 is 33.3 Å². The Labute approximate surface area is 158 Å². The van der Waals surface area contributed by atoms with E-state index in [1.165, 1.54) is 26.0 Å². The quantitative estimate of drug-likeness (QED) is 0.749. The van der Waals surface area contributed by atoms with E-state index in [0.29, 0.717) is 37.2 Å². The fourth-order valence-corrected chi connectivity index (χ4v) is 3.53. The summed E-state index contributed by atoms with van der Waals surface area (Å²) in [6, 6.07) is 6.19. The molecule has 1 heterocycles. The first-order valence-corrected chi connectivity index (χ1v) is 10.4. The average molecular weight is 396 g/mol. The molecule has 0 atom stereocenters. The summed E-state index contributed by atoms with van der Waals surface area (Å²) in [5.41, 5.74) is 0.830. The number of hydrogen-bond acceptors (Lipinski definition) is 5. The molecule has 2 amide bonds. The van der Waals surface area contributed by atoms with Gasteiger partial charge in [-0.2, -0.15) is 0 Å². The first-order valence-electron chi connectivity index (χ1n) is 8.73. The Kier molecular flexibility index (Phi) is 6.59. The molecule has 1 saturated heterocycles. The molecule has 1 aromatic carbocycles. The van der Waals surface area contributed by atoms with Crippen LogP contribution >= 0.6 is 0 Å². The highest BCUT2D eigenvalue weighted by Gasteiger charge is 2.27. The summed E-state index contributed by atoms with van der Waals surface area (Å²) in [4.78, 5) is 36.9. The van der Waals surface area contributed by atoms with Crippen molar-refractivity contribution in [1.82, 2.24) is 4.90 Å². The van der Waals surface area contributed by atoms with Crippen molar-refractivity contribution < 1.29 is 27.9 Å². The maximum atomic E-state index is 12.5. The van der Waals surface area contributed by atoms with E-state index in [9.17, 15) is 22.8 Å². The number of sulfone groups is 1. The molecular weight excluding hydrogens is 372 g/mol. The Bertz CT molecular complexity index is 809. The maximum absolute atomic E-state index is 12.5. The molecule has 1 aliphatic rings. The second-order valence-corrected chi connectivity index (χ2v) is 9.44. The van der Waals surface area contributed by atoms with Crippen LogP contribution in [0.5, 0.6) is 0 Å². The van der Waals surface area contributed by atoms with Gasteiger partial charge in [-0.1, -0.05) is 0 Å². The average Bonchev–Trinajstić information content (AvgIpc) is 2.61. The second-order valence-electron chi connectivity index (χ2n) is 6.89. The molecule has 27 heavy (non-hydrogen) atoms. The zero-order chi connectivity index (χ0) is 20.2. The summed E-state index contributed by atoms with van der Waals surface area (Å²) in [5, 5.41) is 10.9. The molecule has 2 N–H and O–H groups in total. The number of nitrogens with zero attached hydrogens (tertiary/aromatic N) is 1. The number of amides is 2. The molecule has 0 aromatic heterocycles. The Hall–Kier alpha value is -2.42. The van der Waals surface area contributed by atoms with E-state index in [2.05, 4.69) is 5.32 Å². The van der Waals surface area contributed by atoms with Gasteiger partial charge in [0, 0.05) is 24.3 Å². The van der Waals surface area contributed by atoms with Gasteiger partial charge in [-0.3, -0.25) is 14.4 Å². The van der Waals surface area contributed by atoms with E-state index in [4.69, 9.17) is 5.11 Å². The van der Waals surface area contributed by atoms with Crippen LogP contribution in [0.15, 0.2) is 24.3 Å². The number of nitrogens with one attached hydrogen (secondary N) is 1. The lowest BCUT2D eigenvalue weighted by Gasteiger charge is -2.30. The lowest BCUT2D eigenvalue weighted by Crippen LogP contribution is -2.40. The Morgan fingerprint density at radius 1 is 1.15 bits per heavy atom. The molecular formula is C18H24N2O6S. The van der Waals surface area contributed by atoms with Gasteiger partial charge in [-0.05, 0) is 51.0 Å². The molecule has 0 radical (unpaired) electrons. The minimum Gasteiger partial charge on any atom is -0.481 e. The van der Waals surface area contributed by atoms with Gasteiger partial charge in [0.25, 0.3) is 5.91 Å². The summed E-state index contributed by atoms with van der Waals surface area (Å²) in [7, 11) is -3.48. The number of carboxylic acids is 1. The Balaban J connectivity index is 1.94. The molecule has 0 aliphatic carbocycles. The first-order chi connectivity index (χ1) is 12.6. The third-order valence-electron chi connectivity index (χ3n) is 4.60. The first kappa shape index (κ1) is 20.9. The highest BCUT2D eigenvalue weighted by molar-refractivity contribution is 7.92. The minimum absolute atomic E-state index is 0.195. The van der Waals surface area contributed by atoms with E-state index in [-0.39, 0.29) is 5.91 Å². The highest BCUT2D eigenvalue weighted by atomic mass is 32.2. The molecule has 148 valence electrons. The fourth-order valence-electron chi connectivity index (χ4n) is 2.75. The molecule has 1 fully saturated rings. The van der Waals surface area contributed by atoms with E-state index in [0.717, 1.165) is 0 Å². The Morgan fingerprint density at radius 3 is 2.19 bits per heavy atom. The molecule has 2 rings (SSSR count). The molecule has 1 aromatic rings. The van der Waals surface area contributed by atoms with E-state index in [1.807, 2.05) is 0 Å². The smallest absolute Gasteiger partial charge is 0.306 e. The summed E-state index contributed by atoms with van der Waals surface area (Å²) >= 11 is 0. The van der Waals surface area contributed by atoms with Gasteiger partial charge in [0.15, 0.2) is 9.84 Å². The van der Waals surface area contributed by atoms with Crippen LogP contribution in [-0.4, -0.2) is 60.3 Å². The number of carbonyl (C=O) groups excluding carboxylic acids is 2. The molecule has 1 aliphatic heterocycles. The van der Waals surface area contributed by atoms with Crippen LogP contribution in [0.1, 0.15) is 37.0 Å². The van der Waals surface area contributed by atoms with Gasteiger partial charge in [-0.15, -0.1) is 0 Å². The van der Waals surface area contributed by atoms with Gasteiger partial charge in [-0.25, -0.2) is 8.42 Å². The standard InChI is InChI=1S/C18H24N2O6S/c1-12(2)27(25,26)11-16(21)19-15-5-3-13(4-6-15)17(22)20-9-7-14(8-10-20)18(23)24/h3-6,12,14H,7-11H2,1-2H3,(H,19,21)(H,23,24). The number of anilines is 1. The number of benzene rings is 1. The molecule has 0 saturated carbocycles. The van der Waals surface area contributed by atoms with Crippen LogP contribution in [0.3, 0.4) is 0 Å². The van der Waals surface area contributed by atoms with E-state index in [1.54, 1.807) is 17.0 Å². The normalized spacial score (nSPS) is 15.6. The van der Waals surface area contributed by atoms with Crippen LogP contribution in [0.2, 0.25) is 0 Å². The van der Waals surface area contributed by atoms with Crippen LogP contribution < -0.4 is 5.32 Å². The zero-order valence-electron chi connectivity index (χ0n) is 15.3. The second kappa shape index (κ2) is 8.51. The number of carboxylic acid groups (broad SMARTS) is 1. The van der Waals surface area contributed by atoms with Crippen molar-refractivity contribution in [3.63, 3.8) is 0 Å². The van der Waals surface area contributed by atoms with Crippen molar-refractivity contribution in [1.29, 1.82) is 0 Å². The van der Waals surface area contributed by atoms with Crippen LogP contribution in [0.25, 0.3) is 0 Å². The zero-order valence-corrected chi connectivity index (χ0v) is 16.2. The lowest BCUT2D eigenvalue weighted by atomic mass is 9.96. The topological polar surface area (TPSA) is 121 Å². The molecule has 0 bridgehead atoms. The minimum atomic E-state index is -3.48. The third kappa shape index (κ3) is 5.53. The predicted molar refractivity (Wildman–Crippen MR) is 100 cm³/mol. The summed E-state index contributed by atoms with van der Waals surface area (Å²) in [6.07, 6.45) is 0.860. The lowest BCUT2D eigenvalue weighted by molar-refractivity contribution is -0.143. The monoisotopic (exact) mass is 396 g/mol. The number of rotatable bonds is 6.